The summed E-state index contributed by atoms with van der Waals surface area (Å²) in [7, 11) is 0. The van der Waals surface area contributed by atoms with Crippen LogP contribution < -0.4 is 4.90 Å². The first-order valence-electron chi connectivity index (χ1n) is 11.6. The number of hydrogen-bond acceptors (Lipinski definition) is 4. The second kappa shape index (κ2) is 8.33. The van der Waals surface area contributed by atoms with Crippen LogP contribution in [0, 0.1) is 5.41 Å². The quantitative estimate of drug-likeness (QED) is 0.638. The normalized spacial score (nSPS) is 22.1. The van der Waals surface area contributed by atoms with Crippen molar-refractivity contribution in [1.29, 1.82) is 0 Å². The summed E-state index contributed by atoms with van der Waals surface area (Å²) in [5.74, 6) is 0.119. The summed E-state index contributed by atoms with van der Waals surface area (Å²) in [6, 6.07) is 6.03. The van der Waals surface area contributed by atoms with Crippen molar-refractivity contribution in [2.24, 2.45) is 5.41 Å². The maximum Gasteiger partial charge on any atom is 0.414 e. The molecular formula is C25H36N2O3. The minimum Gasteiger partial charge on any atom is -0.443 e. The van der Waals surface area contributed by atoms with Crippen LogP contribution >= 0.6 is 0 Å². The SMILES string of the molecule is CC(C)(C)OC(=O)N1CCC(=O)c2cc(CN3CCCC4(CCCCC4)C3)ccc21. The Morgan fingerprint density at radius 1 is 1.07 bits per heavy atom. The van der Waals surface area contributed by atoms with E-state index in [2.05, 4.69) is 11.0 Å². The molecule has 0 bridgehead atoms. The molecule has 1 saturated heterocycles. The molecule has 1 aromatic rings. The predicted molar refractivity (Wildman–Crippen MR) is 119 cm³/mol. The van der Waals surface area contributed by atoms with Gasteiger partial charge < -0.3 is 4.74 Å². The van der Waals surface area contributed by atoms with Crippen molar-refractivity contribution in [3.05, 3.63) is 29.3 Å². The number of nitrogens with zero attached hydrogens (tertiary/aromatic N) is 2. The van der Waals surface area contributed by atoms with E-state index in [1.54, 1.807) is 4.90 Å². The van der Waals surface area contributed by atoms with Gasteiger partial charge in [0.2, 0.25) is 0 Å². The number of anilines is 1. The van der Waals surface area contributed by atoms with Crippen LogP contribution in [0.25, 0.3) is 0 Å². The first-order chi connectivity index (χ1) is 14.2. The van der Waals surface area contributed by atoms with Gasteiger partial charge in [0.25, 0.3) is 0 Å². The van der Waals surface area contributed by atoms with Crippen molar-refractivity contribution >= 4 is 17.6 Å². The Bertz CT molecular complexity index is 800. The molecule has 1 aliphatic carbocycles. The van der Waals surface area contributed by atoms with Crippen molar-refractivity contribution in [2.45, 2.75) is 84.3 Å². The van der Waals surface area contributed by atoms with E-state index in [0.717, 1.165) is 13.1 Å². The fourth-order valence-corrected chi connectivity index (χ4v) is 5.53. The molecule has 2 aliphatic heterocycles. The van der Waals surface area contributed by atoms with Crippen molar-refractivity contribution in [3.63, 3.8) is 0 Å². The third-order valence-corrected chi connectivity index (χ3v) is 6.89. The smallest absolute Gasteiger partial charge is 0.414 e. The molecule has 0 radical (unpaired) electrons. The van der Waals surface area contributed by atoms with Gasteiger partial charge in [-0.2, -0.15) is 0 Å². The number of ketones is 1. The Kier molecular flexibility index (Phi) is 5.93. The zero-order valence-corrected chi connectivity index (χ0v) is 18.8. The minimum atomic E-state index is -0.554. The number of Topliss-reactive ketones (excluding diaryl/α,β-unsaturated/α-hetero) is 1. The number of likely N-dealkylation sites (tertiary alicyclic amines) is 1. The Morgan fingerprint density at radius 3 is 2.53 bits per heavy atom. The summed E-state index contributed by atoms with van der Waals surface area (Å²) < 4.78 is 5.55. The van der Waals surface area contributed by atoms with E-state index in [9.17, 15) is 9.59 Å². The highest BCUT2D eigenvalue weighted by molar-refractivity contribution is 6.07. The van der Waals surface area contributed by atoms with Gasteiger partial charge in [-0.25, -0.2) is 4.79 Å². The number of carbonyl (C=O) groups excluding carboxylic acids is 2. The Balaban J connectivity index is 1.49. The first kappa shape index (κ1) is 21.4. The summed E-state index contributed by atoms with van der Waals surface area (Å²) in [6.07, 6.45) is 9.51. The molecule has 2 heterocycles. The van der Waals surface area contributed by atoms with Gasteiger partial charge in [0, 0.05) is 31.6 Å². The molecule has 3 aliphatic rings. The maximum atomic E-state index is 12.6. The van der Waals surface area contributed by atoms with E-state index in [-0.39, 0.29) is 11.9 Å². The van der Waals surface area contributed by atoms with Gasteiger partial charge in [-0.1, -0.05) is 25.3 Å². The molecule has 4 rings (SSSR count). The second-order valence-electron chi connectivity index (χ2n) is 10.5. The Morgan fingerprint density at radius 2 is 1.80 bits per heavy atom. The van der Waals surface area contributed by atoms with Gasteiger partial charge in [0.15, 0.2) is 5.78 Å². The lowest BCUT2D eigenvalue weighted by molar-refractivity contribution is 0.0493. The van der Waals surface area contributed by atoms with Crippen LogP contribution in [0.1, 0.15) is 88.1 Å². The summed E-state index contributed by atoms with van der Waals surface area (Å²) in [5, 5.41) is 0. The summed E-state index contributed by atoms with van der Waals surface area (Å²) in [6.45, 7) is 9.17. The average Bonchev–Trinajstić information content (AvgIpc) is 2.68. The fourth-order valence-electron chi connectivity index (χ4n) is 5.53. The molecule has 1 aromatic carbocycles. The molecule has 2 fully saturated rings. The van der Waals surface area contributed by atoms with Crippen LogP contribution in [-0.4, -0.2) is 42.0 Å². The lowest BCUT2D eigenvalue weighted by atomic mass is 9.69. The molecule has 1 saturated carbocycles. The molecule has 0 atom stereocenters. The fraction of sp³-hybridized carbons (Fsp3) is 0.680. The highest BCUT2D eigenvalue weighted by atomic mass is 16.6. The number of fused-ring (bicyclic) bond motifs is 1. The third-order valence-electron chi connectivity index (χ3n) is 6.89. The van der Waals surface area contributed by atoms with Crippen molar-refractivity contribution in [3.8, 4) is 0 Å². The molecule has 1 amide bonds. The van der Waals surface area contributed by atoms with Crippen LogP contribution in [-0.2, 0) is 11.3 Å². The third kappa shape index (κ3) is 4.72. The van der Waals surface area contributed by atoms with Crippen molar-refractivity contribution in [1.82, 2.24) is 4.90 Å². The molecule has 0 unspecified atom stereocenters. The topological polar surface area (TPSA) is 49.9 Å². The van der Waals surface area contributed by atoms with E-state index < -0.39 is 5.60 Å². The number of hydrogen-bond donors (Lipinski definition) is 0. The summed E-state index contributed by atoms with van der Waals surface area (Å²) in [4.78, 5) is 29.5. The number of piperidine rings is 1. The highest BCUT2D eigenvalue weighted by Crippen LogP contribution is 2.43. The van der Waals surface area contributed by atoms with Crippen molar-refractivity contribution in [2.75, 3.05) is 24.5 Å². The van der Waals surface area contributed by atoms with E-state index in [1.165, 1.54) is 57.1 Å². The molecule has 0 N–H and O–H groups in total. The number of benzene rings is 1. The molecule has 0 aromatic heterocycles. The van der Waals surface area contributed by atoms with Gasteiger partial charge in [-0.15, -0.1) is 0 Å². The Hall–Kier alpha value is -1.88. The molecule has 5 nitrogen and oxygen atoms in total. The lowest BCUT2D eigenvalue weighted by Crippen LogP contribution is -2.44. The first-order valence-corrected chi connectivity index (χ1v) is 11.6. The molecular weight excluding hydrogens is 376 g/mol. The Labute approximate surface area is 180 Å². The zero-order chi connectivity index (χ0) is 21.4. The number of carbonyl (C=O) groups is 2. The average molecular weight is 413 g/mol. The van der Waals surface area contributed by atoms with Crippen molar-refractivity contribution < 1.29 is 14.3 Å². The van der Waals surface area contributed by atoms with E-state index in [4.69, 9.17) is 4.74 Å². The van der Waals surface area contributed by atoms with E-state index >= 15 is 0 Å². The van der Waals surface area contributed by atoms with Crippen LogP contribution in [0.15, 0.2) is 18.2 Å². The van der Waals surface area contributed by atoms with E-state index in [0.29, 0.717) is 29.6 Å². The van der Waals surface area contributed by atoms with Gasteiger partial charge in [-0.3, -0.25) is 14.6 Å². The predicted octanol–water partition coefficient (Wildman–Crippen LogP) is 5.56. The van der Waals surface area contributed by atoms with Crippen LogP contribution in [0.4, 0.5) is 10.5 Å². The highest BCUT2D eigenvalue weighted by Gasteiger charge is 2.36. The number of ether oxygens (including phenoxy) is 1. The number of rotatable bonds is 2. The van der Waals surface area contributed by atoms with Crippen LogP contribution in [0.5, 0.6) is 0 Å². The van der Waals surface area contributed by atoms with Crippen LogP contribution in [0.2, 0.25) is 0 Å². The summed E-state index contributed by atoms with van der Waals surface area (Å²) >= 11 is 0. The number of amides is 1. The molecule has 30 heavy (non-hydrogen) atoms. The molecule has 164 valence electrons. The summed E-state index contributed by atoms with van der Waals surface area (Å²) in [5.41, 5.74) is 2.48. The monoisotopic (exact) mass is 412 g/mol. The lowest BCUT2D eigenvalue weighted by Gasteiger charge is -2.45. The van der Waals surface area contributed by atoms with Crippen LogP contribution in [0.3, 0.4) is 0 Å². The zero-order valence-electron chi connectivity index (χ0n) is 18.8. The minimum absolute atomic E-state index is 0.119. The molecule has 5 heteroatoms. The molecule has 1 spiro atoms. The van der Waals surface area contributed by atoms with Gasteiger partial charge >= 0.3 is 6.09 Å². The van der Waals surface area contributed by atoms with Gasteiger partial charge in [-0.05, 0) is 76.1 Å². The van der Waals surface area contributed by atoms with Gasteiger partial charge in [0.05, 0.1) is 5.69 Å². The second-order valence-corrected chi connectivity index (χ2v) is 10.5. The largest absolute Gasteiger partial charge is 0.443 e. The van der Waals surface area contributed by atoms with Gasteiger partial charge in [0.1, 0.15) is 5.60 Å². The standard InChI is InChI=1S/C25H36N2O3/c1-24(2,3)30-23(29)27-15-10-22(28)20-16-19(8-9-21(20)27)17-26-14-7-13-25(18-26)11-5-4-6-12-25/h8-9,16H,4-7,10-15,17-18H2,1-3H3. The van der Waals surface area contributed by atoms with E-state index in [1.807, 2.05) is 32.9 Å². The maximum absolute atomic E-state index is 12.6.